The van der Waals surface area contributed by atoms with Crippen LogP contribution in [0.4, 0.5) is 17.6 Å². The van der Waals surface area contributed by atoms with Crippen LogP contribution in [0.25, 0.3) is 10.9 Å². The molecule has 3 heterocycles. The second-order valence-electron chi connectivity index (χ2n) is 10.3. The van der Waals surface area contributed by atoms with E-state index in [1.807, 2.05) is 31.2 Å². The zero-order valence-electron chi connectivity index (χ0n) is 20.7. The van der Waals surface area contributed by atoms with Crippen LogP contribution in [0.1, 0.15) is 61.2 Å². The molecule has 1 fully saturated rings. The van der Waals surface area contributed by atoms with Gasteiger partial charge in [0.15, 0.2) is 0 Å². The fourth-order valence-corrected chi connectivity index (χ4v) is 5.94. The number of benzene rings is 2. The van der Waals surface area contributed by atoms with Crippen molar-refractivity contribution in [2.75, 3.05) is 26.2 Å². The van der Waals surface area contributed by atoms with Gasteiger partial charge in [-0.25, -0.2) is 17.6 Å². The fourth-order valence-electron chi connectivity index (χ4n) is 5.94. The van der Waals surface area contributed by atoms with Crippen LogP contribution in [0, 0.1) is 17.6 Å². The number of para-hydroxylation sites is 1. The van der Waals surface area contributed by atoms with Crippen molar-refractivity contribution in [1.29, 1.82) is 0 Å². The summed E-state index contributed by atoms with van der Waals surface area (Å²) >= 11 is 0. The molecule has 8 heteroatoms. The van der Waals surface area contributed by atoms with E-state index in [0.29, 0.717) is 25.2 Å². The minimum atomic E-state index is -2.65. The van der Waals surface area contributed by atoms with Gasteiger partial charge in [-0.1, -0.05) is 31.5 Å². The van der Waals surface area contributed by atoms with E-state index >= 15 is 8.78 Å². The van der Waals surface area contributed by atoms with E-state index in [4.69, 9.17) is 0 Å². The number of hydrogen-bond acceptors (Lipinski definition) is 3. The number of alkyl halides is 2. The molecule has 194 valence electrons. The molecule has 0 saturated carbocycles. The SMILES string of the molecule is CCCCN1CC(C(O)c2cc(F)c([C@@H]3c4[nH]c5ccccc5c4C[C@@H](C)N3CC(F)F)c(F)c2)C1. The second kappa shape index (κ2) is 10.1. The van der Waals surface area contributed by atoms with Crippen LogP contribution in [-0.2, 0) is 6.42 Å². The largest absolute Gasteiger partial charge is 0.388 e. The number of aliphatic hydroxyl groups is 1. The highest BCUT2D eigenvalue weighted by molar-refractivity contribution is 5.85. The predicted octanol–water partition coefficient (Wildman–Crippen LogP) is 5.81. The van der Waals surface area contributed by atoms with Crippen LogP contribution in [-0.4, -0.2) is 58.5 Å². The van der Waals surface area contributed by atoms with Crippen molar-refractivity contribution >= 4 is 10.9 Å². The first-order valence-corrected chi connectivity index (χ1v) is 12.8. The molecule has 2 aliphatic heterocycles. The van der Waals surface area contributed by atoms with Gasteiger partial charge in [-0.2, -0.15) is 0 Å². The summed E-state index contributed by atoms with van der Waals surface area (Å²) in [6, 6.07) is 8.56. The maximum absolute atomic E-state index is 15.7. The van der Waals surface area contributed by atoms with E-state index in [9.17, 15) is 13.9 Å². The zero-order valence-corrected chi connectivity index (χ0v) is 20.7. The maximum Gasteiger partial charge on any atom is 0.251 e. The third kappa shape index (κ3) is 4.55. The van der Waals surface area contributed by atoms with Gasteiger partial charge < -0.3 is 15.0 Å². The first kappa shape index (κ1) is 25.2. The molecule has 0 amide bonds. The van der Waals surface area contributed by atoms with Gasteiger partial charge in [0, 0.05) is 47.2 Å². The van der Waals surface area contributed by atoms with E-state index in [1.54, 1.807) is 0 Å². The molecule has 4 nitrogen and oxygen atoms in total. The van der Waals surface area contributed by atoms with Crippen LogP contribution in [0.15, 0.2) is 36.4 Å². The second-order valence-corrected chi connectivity index (χ2v) is 10.3. The van der Waals surface area contributed by atoms with E-state index in [1.165, 1.54) is 17.0 Å². The molecule has 36 heavy (non-hydrogen) atoms. The van der Waals surface area contributed by atoms with Crippen LogP contribution < -0.4 is 0 Å². The number of hydrogen-bond donors (Lipinski definition) is 2. The van der Waals surface area contributed by atoms with Gasteiger partial charge in [0.2, 0.25) is 0 Å². The minimum absolute atomic E-state index is 0.0863. The molecule has 3 aromatic rings. The van der Waals surface area contributed by atoms with E-state index < -0.39 is 36.8 Å². The maximum atomic E-state index is 15.7. The number of fused-ring (bicyclic) bond motifs is 3. The van der Waals surface area contributed by atoms with Gasteiger partial charge >= 0.3 is 0 Å². The average molecular weight is 504 g/mol. The topological polar surface area (TPSA) is 42.5 Å². The molecule has 2 aliphatic rings. The Kier molecular flexibility index (Phi) is 7.12. The highest BCUT2D eigenvalue weighted by Gasteiger charge is 2.40. The molecule has 1 unspecified atom stereocenters. The summed E-state index contributed by atoms with van der Waals surface area (Å²) in [4.78, 5) is 6.97. The normalized spacial score (nSPS) is 22.2. The van der Waals surface area contributed by atoms with Gasteiger partial charge in [0.25, 0.3) is 6.43 Å². The molecule has 0 spiro atoms. The molecule has 2 N–H and O–H groups in total. The highest BCUT2D eigenvalue weighted by atomic mass is 19.3. The minimum Gasteiger partial charge on any atom is -0.388 e. The van der Waals surface area contributed by atoms with Crippen LogP contribution in [0.2, 0.25) is 0 Å². The number of aromatic nitrogens is 1. The van der Waals surface area contributed by atoms with Crippen molar-refractivity contribution in [1.82, 2.24) is 14.8 Å². The average Bonchev–Trinajstić information content (AvgIpc) is 3.17. The van der Waals surface area contributed by atoms with Gasteiger partial charge in [-0.15, -0.1) is 0 Å². The fraction of sp³-hybridized carbons (Fsp3) is 0.500. The predicted molar refractivity (Wildman–Crippen MR) is 132 cm³/mol. The quantitative estimate of drug-likeness (QED) is 0.381. The first-order valence-electron chi connectivity index (χ1n) is 12.8. The molecule has 5 rings (SSSR count). The van der Waals surface area contributed by atoms with E-state index in [2.05, 4.69) is 16.8 Å². The number of unbranched alkanes of at least 4 members (excludes halogenated alkanes) is 1. The summed E-state index contributed by atoms with van der Waals surface area (Å²) in [5.74, 6) is -1.74. The molecule has 2 aromatic carbocycles. The molecule has 1 saturated heterocycles. The molecule has 0 radical (unpaired) electrons. The van der Waals surface area contributed by atoms with Crippen molar-refractivity contribution in [2.24, 2.45) is 5.92 Å². The monoisotopic (exact) mass is 503 g/mol. The van der Waals surface area contributed by atoms with Crippen molar-refractivity contribution in [2.45, 2.75) is 57.7 Å². The number of H-pyrrole nitrogens is 1. The lowest BCUT2D eigenvalue weighted by molar-refractivity contribution is -0.00584. The van der Waals surface area contributed by atoms with Crippen LogP contribution in [0.3, 0.4) is 0 Å². The molecule has 3 atom stereocenters. The molecule has 0 bridgehead atoms. The first-order chi connectivity index (χ1) is 17.3. The van der Waals surface area contributed by atoms with Gasteiger partial charge in [-0.3, -0.25) is 4.90 Å². The Balaban J connectivity index is 1.51. The van der Waals surface area contributed by atoms with Gasteiger partial charge in [0.1, 0.15) is 11.6 Å². The van der Waals surface area contributed by atoms with Crippen molar-refractivity contribution in [3.63, 3.8) is 0 Å². The molecule has 0 aliphatic carbocycles. The number of aliphatic hydroxyl groups excluding tert-OH is 1. The summed E-state index contributed by atoms with van der Waals surface area (Å²) in [5.41, 5.74) is 2.19. The summed E-state index contributed by atoms with van der Waals surface area (Å²) in [6.45, 7) is 5.66. The summed E-state index contributed by atoms with van der Waals surface area (Å²) in [6.07, 6.45) is -0.971. The Bertz CT molecular complexity index is 1200. The summed E-state index contributed by atoms with van der Waals surface area (Å²) in [5, 5.41) is 11.8. The van der Waals surface area contributed by atoms with E-state index in [-0.39, 0.29) is 23.1 Å². The van der Waals surface area contributed by atoms with Crippen molar-refractivity contribution in [3.8, 4) is 0 Å². The number of rotatable bonds is 8. The lowest BCUT2D eigenvalue weighted by atomic mass is 9.85. The Hall–Kier alpha value is -2.42. The number of aromatic amines is 1. The third-order valence-corrected chi connectivity index (χ3v) is 7.84. The number of nitrogens with one attached hydrogen (secondary N) is 1. The lowest BCUT2D eigenvalue weighted by Gasteiger charge is -2.42. The Labute approximate surface area is 208 Å². The molecular formula is C28H33F4N3O. The zero-order chi connectivity index (χ0) is 25.6. The molecular weight excluding hydrogens is 470 g/mol. The molecule has 1 aromatic heterocycles. The Morgan fingerprint density at radius 1 is 1.11 bits per heavy atom. The van der Waals surface area contributed by atoms with Crippen LogP contribution >= 0.6 is 0 Å². The summed E-state index contributed by atoms with van der Waals surface area (Å²) in [7, 11) is 0. The lowest BCUT2D eigenvalue weighted by Crippen LogP contribution is -2.49. The van der Waals surface area contributed by atoms with E-state index in [0.717, 1.165) is 35.9 Å². The Morgan fingerprint density at radius 3 is 2.47 bits per heavy atom. The Morgan fingerprint density at radius 2 is 1.81 bits per heavy atom. The standard InChI is InChI=1S/C28H33F4N3O/c1-3-4-9-34-13-18(14-34)28(36)17-11-21(29)25(22(30)12-17)27-26-20(10-16(2)35(27)15-24(31)32)19-7-5-6-8-23(19)33-26/h5-8,11-12,16,18,24,27-28,33,36H,3-4,9-10,13-15H2,1-2H3/t16-,27-,28?/m1/s1. The smallest absolute Gasteiger partial charge is 0.251 e. The van der Waals surface area contributed by atoms with Crippen molar-refractivity contribution < 1.29 is 22.7 Å². The number of nitrogens with zero attached hydrogens (tertiary/aromatic N) is 2. The number of likely N-dealkylation sites (tertiary alicyclic amines) is 1. The van der Waals surface area contributed by atoms with Crippen LogP contribution in [0.5, 0.6) is 0 Å². The third-order valence-electron chi connectivity index (χ3n) is 7.84. The van der Waals surface area contributed by atoms with Gasteiger partial charge in [0.05, 0.1) is 18.7 Å². The van der Waals surface area contributed by atoms with Gasteiger partial charge in [-0.05, 0) is 55.6 Å². The van der Waals surface area contributed by atoms with Crippen molar-refractivity contribution in [3.05, 3.63) is 70.4 Å². The summed E-state index contributed by atoms with van der Waals surface area (Å²) < 4.78 is 58.6. The highest BCUT2D eigenvalue weighted by Crippen LogP contribution is 2.43. The number of halogens is 4.